The van der Waals surface area contributed by atoms with Gasteiger partial charge in [0.15, 0.2) is 0 Å². The van der Waals surface area contributed by atoms with Gasteiger partial charge in [-0.15, -0.1) is 23.7 Å². The molecule has 1 aromatic heterocycles. The van der Waals surface area contributed by atoms with Gasteiger partial charge in [-0.1, -0.05) is 0 Å². The Hall–Kier alpha value is -1.78. The highest BCUT2D eigenvalue weighted by molar-refractivity contribution is 7.14. The zero-order valence-corrected chi connectivity index (χ0v) is 9.67. The summed E-state index contributed by atoms with van der Waals surface area (Å²) in [4.78, 5) is 13.4. The molecule has 2 rings (SSSR count). The van der Waals surface area contributed by atoms with E-state index in [1.807, 2.05) is 12.3 Å². The van der Waals surface area contributed by atoms with Gasteiger partial charge < -0.3 is 4.90 Å². The summed E-state index contributed by atoms with van der Waals surface area (Å²) < 4.78 is 0. The highest BCUT2D eigenvalue weighted by Gasteiger charge is 2.31. The molecule has 0 aromatic carbocycles. The molecule has 1 fully saturated rings. The van der Waals surface area contributed by atoms with Crippen LogP contribution in [0.1, 0.15) is 17.5 Å². The summed E-state index contributed by atoms with van der Waals surface area (Å²) in [5.74, 6) is 2.59. The van der Waals surface area contributed by atoms with Gasteiger partial charge in [0.1, 0.15) is 11.1 Å². The lowest BCUT2D eigenvalue weighted by Crippen LogP contribution is -2.24. The Labute approximate surface area is 98.3 Å². The van der Waals surface area contributed by atoms with Crippen LogP contribution in [0.4, 0.5) is 5.00 Å². The van der Waals surface area contributed by atoms with E-state index in [0.29, 0.717) is 18.5 Å². The minimum Gasteiger partial charge on any atom is -0.301 e. The van der Waals surface area contributed by atoms with E-state index in [9.17, 15) is 4.79 Å². The Bertz CT molecular complexity index is 518. The molecule has 1 unspecified atom stereocenters. The number of carbonyl (C=O) groups is 1. The fourth-order valence-corrected chi connectivity index (χ4v) is 2.82. The molecule has 0 spiro atoms. The van der Waals surface area contributed by atoms with Gasteiger partial charge in [-0.2, -0.15) is 5.26 Å². The van der Waals surface area contributed by atoms with Crippen LogP contribution >= 0.6 is 11.3 Å². The van der Waals surface area contributed by atoms with Crippen molar-refractivity contribution in [1.82, 2.24) is 0 Å². The quantitative estimate of drug-likeness (QED) is 0.692. The molecule has 16 heavy (non-hydrogen) atoms. The van der Waals surface area contributed by atoms with Crippen molar-refractivity contribution in [2.75, 3.05) is 11.4 Å². The van der Waals surface area contributed by atoms with Crippen LogP contribution in [0.3, 0.4) is 0 Å². The number of nitrogens with zero attached hydrogens (tertiary/aromatic N) is 2. The van der Waals surface area contributed by atoms with Gasteiger partial charge >= 0.3 is 0 Å². The standard InChI is InChI=1S/C12H10N2OS/c1-3-9-4-11(15)14(6-9)12-10(5-13)8(2)7-16-12/h1,7,9H,4,6H2,2H3. The Morgan fingerprint density at radius 2 is 2.44 bits per heavy atom. The van der Waals surface area contributed by atoms with Crippen LogP contribution in [0.15, 0.2) is 5.38 Å². The third kappa shape index (κ3) is 1.58. The Balaban J connectivity index is 2.36. The first-order valence-corrected chi connectivity index (χ1v) is 5.80. The number of hydrogen-bond donors (Lipinski definition) is 0. The lowest BCUT2D eigenvalue weighted by Gasteiger charge is -2.13. The summed E-state index contributed by atoms with van der Waals surface area (Å²) in [5.41, 5.74) is 1.51. The predicted octanol–water partition coefficient (Wildman–Crippen LogP) is 1.91. The van der Waals surface area contributed by atoms with E-state index in [0.717, 1.165) is 10.6 Å². The van der Waals surface area contributed by atoms with E-state index >= 15 is 0 Å². The fourth-order valence-electron chi connectivity index (χ4n) is 1.78. The molecule has 0 bridgehead atoms. The highest BCUT2D eigenvalue weighted by Crippen LogP contribution is 2.34. The highest BCUT2D eigenvalue weighted by atomic mass is 32.1. The maximum atomic E-state index is 11.7. The van der Waals surface area contributed by atoms with Gasteiger partial charge in [-0.05, 0) is 17.9 Å². The third-order valence-corrected chi connectivity index (χ3v) is 3.79. The lowest BCUT2D eigenvalue weighted by molar-refractivity contribution is -0.117. The number of amides is 1. The van der Waals surface area contributed by atoms with E-state index in [1.165, 1.54) is 11.3 Å². The zero-order chi connectivity index (χ0) is 11.7. The first-order chi connectivity index (χ1) is 7.67. The second-order valence-corrected chi connectivity index (χ2v) is 4.64. The molecular formula is C12H10N2OS. The summed E-state index contributed by atoms with van der Waals surface area (Å²) in [6.07, 6.45) is 5.71. The lowest BCUT2D eigenvalue weighted by atomic mass is 10.1. The summed E-state index contributed by atoms with van der Waals surface area (Å²) in [6.45, 7) is 2.40. The van der Waals surface area contributed by atoms with Gasteiger partial charge in [0.25, 0.3) is 0 Å². The van der Waals surface area contributed by atoms with E-state index in [-0.39, 0.29) is 11.8 Å². The first-order valence-electron chi connectivity index (χ1n) is 4.92. The molecule has 80 valence electrons. The largest absolute Gasteiger partial charge is 0.301 e. The minimum absolute atomic E-state index is 0.0151. The minimum atomic E-state index is -0.0264. The van der Waals surface area contributed by atoms with Crippen LogP contribution in [0.2, 0.25) is 0 Å². The number of carbonyl (C=O) groups excluding carboxylic acids is 1. The number of aryl methyl sites for hydroxylation is 1. The fraction of sp³-hybridized carbons (Fsp3) is 0.333. The summed E-state index contributed by atoms with van der Waals surface area (Å²) in [6, 6.07) is 2.14. The first kappa shape index (κ1) is 10.7. The number of thiophene rings is 1. The molecule has 4 heteroatoms. The second kappa shape index (κ2) is 4.00. The van der Waals surface area contributed by atoms with Crippen molar-refractivity contribution in [3.05, 3.63) is 16.5 Å². The summed E-state index contributed by atoms with van der Waals surface area (Å²) in [7, 11) is 0. The molecule has 2 heterocycles. The maximum absolute atomic E-state index is 11.7. The Morgan fingerprint density at radius 1 is 1.69 bits per heavy atom. The number of nitriles is 1. The zero-order valence-electron chi connectivity index (χ0n) is 8.86. The van der Waals surface area contributed by atoms with E-state index < -0.39 is 0 Å². The van der Waals surface area contributed by atoms with Crippen molar-refractivity contribution >= 4 is 22.2 Å². The summed E-state index contributed by atoms with van der Waals surface area (Å²) in [5, 5.41) is 11.7. The van der Waals surface area contributed by atoms with Gasteiger partial charge in [0.05, 0.1) is 5.56 Å². The topological polar surface area (TPSA) is 44.1 Å². The molecule has 3 nitrogen and oxygen atoms in total. The van der Waals surface area contributed by atoms with Crippen LogP contribution in [0, 0.1) is 36.5 Å². The van der Waals surface area contributed by atoms with E-state index in [2.05, 4.69) is 12.0 Å². The molecule has 1 saturated heterocycles. The molecule has 1 aliphatic heterocycles. The normalized spacial score (nSPS) is 19.6. The van der Waals surface area contributed by atoms with Crippen molar-refractivity contribution in [1.29, 1.82) is 5.26 Å². The van der Waals surface area contributed by atoms with Crippen LogP contribution in [0.5, 0.6) is 0 Å². The molecule has 0 N–H and O–H groups in total. The maximum Gasteiger partial charge on any atom is 0.228 e. The Morgan fingerprint density at radius 3 is 3.00 bits per heavy atom. The van der Waals surface area contributed by atoms with Crippen molar-refractivity contribution in [2.24, 2.45) is 5.92 Å². The van der Waals surface area contributed by atoms with Crippen LogP contribution in [-0.4, -0.2) is 12.5 Å². The molecule has 0 saturated carbocycles. The van der Waals surface area contributed by atoms with Crippen molar-refractivity contribution in [3.8, 4) is 18.4 Å². The number of rotatable bonds is 1. The van der Waals surface area contributed by atoms with Crippen LogP contribution < -0.4 is 4.90 Å². The number of anilines is 1. The predicted molar refractivity (Wildman–Crippen MR) is 63.1 cm³/mol. The van der Waals surface area contributed by atoms with Crippen LogP contribution in [-0.2, 0) is 4.79 Å². The molecule has 0 aliphatic carbocycles. The number of terminal acetylenes is 1. The Kier molecular flexibility index (Phi) is 2.68. The molecule has 1 aliphatic rings. The van der Waals surface area contributed by atoms with Crippen molar-refractivity contribution in [2.45, 2.75) is 13.3 Å². The van der Waals surface area contributed by atoms with Gasteiger partial charge in [0.2, 0.25) is 5.91 Å². The van der Waals surface area contributed by atoms with Crippen molar-refractivity contribution in [3.63, 3.8) is 0 Å². The molecule has 1 atom stereocenters. The molecule has 1 aromatic rings. The number of hydrogen-bond acceptors (Lipinski definition) is 3. The van der Waals surface area contributed by atoms with Crippen LogP contribution in [0.25, 0.3) is 0 Å². The van der Waals surface area contributed by atoms with Gasteiger partial charge in [-0.3, -0.25) is 4.79 Å². The average Bonchev–Trinajstić information content (AvgIpc) is 2.81. The molecule has 0 radical (unpaired) electrons. The van der Waals surface area contributed by atoms with Crippen molar-refractivity contribution < 1.29 is 4.79 Å². The van der Waals surface area contributed by atoms with Gasteiger partial charge in [0, 0.05) is 18.9 Å². The van der Waals surface area contributed by atoms with E-state index in [4.69, 9.17) is 11.7 Å². The molecular weight excluding hydrogens is 220 g/mol. The summed E-state index contributed by atoms with van der Waals surface area (Å²) >= 11 is 1.43. The second-order valence-electron chi connectivity index (χ2n) is 3.78. The average molecular weight is 230 g/mol. The SMILES string of the molecule is C#CC1CC(=O)N(c2scc(C)c2C#N)C1. The van der Waals surface area contributed by atoms with E-state index in [1.54, 1.807) is 4.90 Å². The monoisotopic (exact) mass is 230 g/mol. The van der Waals surface area contributed by atoms with Gasteiger partial charge in [-0.25, -0.2) is 0 Å². The smallest absolute Gasteiger partial charge is 0.228 e. The molecule has 1 amide bonds. The third-order valence-electron chi connectivity index (χ3n) is 2.67.